The molecule has 0 spiro atoms. The Morgan fingerprint density at radius 3 is 2.82 bits per heavy atom. The molecule has 4 rings (SSSR count). The highest BCUT2D eigenvalue weighted by Gasteiger charge is 2.18. The van der Waals surface area contributed by atoms with E-state index in [1.165, 1.54) is 11.1 Å². The van der Waals surface area contributed by atoms with E-state index in [4.69, 9.17) is 9.15 Å². The van der Waals surface area contributed by atoms with Crippen molar-refractivity contribution in [2.24, 2.45) is 0 Å². The van der Waals surface area contributed by atoms with E-state index in [1.807, 2.05) is 28.8 Å². The minimum atomic E-state index is -0.0537. The van der Waals surface area contributed by atoms with E-state index >= 15 is 0 Å². The molecule has 28 heavy (non-hydrogen) atoms. The van der Waals surface area contributed by atoms with Crippen LogP contribution in [0.2, 0.25) is 0 Å². The van der Waals surface area contributed by atoms with Gasteiger partial charge in [0.1, 0.15) is 5.69 Å². The molecule has 1 aromatic carbocycles. The molecule has 1 aliphatic rings. The van der Waals surface area contributed by atoms with Gasteiger partial charge in [-0.15, -0.1) is 0 Å². The van der Waals surface area contributed by atoms with Crippen molar-refractivity contribution in [1.29, 1.82) is 0 Å². The fourth-order valence-electron chi connectivity index (χ4n) is 3.71. The van der Waals surface area contributed by atoms with Gasteiger partial charge in [-0.2, -0.15) is 0 Å². The number of carbonyl (C=O) groups excluding carboxylic acids is 1. The summed E-state index contributed by atoms with van der Waals surface area (Å²) in [5.74, 6) is -0.0537. The maximum Gasteiger partial charge on any atom is 0.268 e. The molecule has 0 radical (unpaired) electrons. The zero-order valence-electron chi connectivity index (χ0n) is 16.3. The van der Waals surface area contributed by atoms with Gasteiger partial charge in [0.25, 0.3) is 5.91 Å². The first-order valence-electron chi connectivity index (χ1n) is 9.92. The van der Waals surface area contributed by atoms with Crippen LogP contribution in [0.1, 0.15) is 28.0 Å². The Morgan fingerprint density at radius 2 is 2.00 bits per heavy atom. The van der Waals surface area contributed by atoms with Crippen molar-refractivity contribution in [3.05, 3.63) is 59.5 Å². The number of morpholine rings is 1. The summed E-state index contributed by atoms with van der Waals surface area (Å²) in [6.45, 7) is 7.94. The van der Waals surface area contributed by atoms with Gasteiger partial charge in [0.05, 0.1) is 25.0 Å². The van der Waals surface area contributed by atoms with Crippen LogP contribution in [0, 0.1) is 6.92 Å². The maximum atomic E-state index is 12.9. The molecule has 0 aliphatic carbocycles. The lowest BCUT2D eigenvalue weighted by Gasteiger charge is -2.26. The second kappa shape index (κ2) is 8.63. The normalized spacial score (nSPS) is 15.2. The molecule has 3 aromatic rings. The number of furan rings is 1. The zero-order valence-corrected chi connectivity index (χ0v) is 16.3. The van der Waals surface area contributed by atoms with Gasteiger partial charge < -0.3 is 19.0 Å². The SMILES string of the molecule is Cc1ccccc1Cn1c(C(=O)NCCCN2CCOCC2)cc2occc21. The topological polar surface area (TPSA) is 59.6 Å². The van der Waals surface area contributed by atoms with Crippen LogP contribution < -0.4 is 5.32 Å². The molecule has 1 fully saturated rings. The molecular weight excluding hydrogens is 354 g/mol. The number of carbonyl (C=O) groups is 1. The van der Waals surface area contributed by atoms with Crippen LogP contribution in [0.25, 0.3) is 11.1 Å². The van der Waals surface area contributed by atoms with Gasteiger partial charge in [0, 0.05) is 38.3 Å². The highest BCUT2D eigenvalue weighted by Crippen LogP contribution is 2.23. The average Bonchev–Trinajstić information content (AvgIpc) is 3.30. The van der Waals surface area contributed by atoms with Gasteiger partial charge in [-0.3, -0.25) is 9.69 Å². The summed E-state index contributed by atoms with van der Waals surface area (Å²) < 4.78 is 13.0. The predicted octanol–water partition coefficient (Wildman–Crippen LogP) is 3.04. The minimum Gasteiger partial charge on any atom is -0.463 e. The number of aryl methyl sites for hydroxylation is 1. The maximum absolute atomic E-state index is 12.9. The lowest BCUT2D eigenvalue weighted by Crippen LogP contribution is -2.38. The van der Waals surface area contributed by atoms with Crippen molar-refractivity contribution in [1.82, 2.24) is 14.8 Å². The first-order chi connectivity index (χ1) is 13.7. The molecular formula is C22H27N3O3. The van der Waals surface area contributed by atoms with Crippen LogP contribution in [0.3, 0.4) is 0 Å². The van der Waals surface area contributed by atoms with Gasteiger partial charge in [-0.25, -0.2) is 0 Å². The van der Waals surface area contributed by atoms with Gasteiger partial charge in [0.15, 0.2) is 5.58 Å². The molecule has 3 heterocycles. The fraction of sp³-hybridized carbons (Fsp3) is 0.409. The van der Waals surface area contributed by atoms with E-state index in [0.29, 0.717) is 18.8 Å². The van der Waals surface area contributed by atoms with Crippen LogP contribution in [0.5, 0.6) is 0 Å². The molecule has 0 saturated carbocycles. The number of ether oxygens (including phenoxy) is 1. The fourth-order valence-corrected chi connectivity index (χ4v) is 3.71. The lowest BCUT2D eigenvalue weighted by atomic mass is 10.1. The first kappa shape index (κ1) is 18.8. The van der Waals surface area contributed by atoms with Crippen molar-refractivity contribution in [3.8, 4) is 0 Å². The van der Waals surface area contributed by atoms with Crippen molar-refractivity contribution in [3.63, 3.8) is 0 Å². The number of hydrogen-bond donors (Lipinski definition) is 1. The summed E-state index contributed by atoms with van der Waals surface area (Å²) >= 11 is 0. The second-order valence-corrected chi connectivity index (χ2v) is 7.28. The smallest absolute Gasteiger partial charge is 0.268 e. The van der Waals surface area contributed by atoms with E-state index in [0.717, 1.165) is 50.4 Å². The van der Waals surface area contributed by atoms with Crippen LogP contribution in [-0.4, -0.2) is 54.8 Å². The van der Waals surface area contributed by atoms with Crippen molar-refractivity contribution >= 4 is 17.0 Å². The van der Waals surface area contributed by atoms with E-state index < -0.39 is 0 Å². The molecule has 148 valence electrons. The van der Waals surface area contributed by atoms with Crippen LogP contribution >= 0.6 is 0 Å². The molecule has 1 amide bonds. The molecule has 1 N–H and O–H groups in total. The molecule has 1 saturated heterocycles. The van der Waals surface area contributed by atoms with E-state index in [2.05, 4.69) is 29.3 Å². The third-order valence-electron chi connectivity index (χ3n) is 5.39. The summed E-state index contributed by atoms with van der Waals surface area (Å²) in [7, 11) is 0. The number of fused-ring (bicyclic) bond motifs is 1. The molecule has 1 aliphatic heterocycles. The Hall–Kier alpha value is -2.57. The number of hydrogen-bond acceptors (Lipinski definition) is 4. The number of nitrogens with zero attached hydrogens (tertiary/aromatic N) is 2. The third-order valence-corrected chi connectivity index (χ3v) is 5.39. The molecule has 0 bridgehead atoms. The molecule has 0 atom stereocenters. The summed E-state index contributed by atoms with van der Waals surface area (Å²) in [6.07, 6.45) is 2.60. The monoisotopic (exact) mass is 381 g/mol. The van der Waals surface area contributed by atoms with Gasteiger partial charge in [-0.05, 0) is 31.0 Å². The summed E-state index contributed by atoms with van der Waals surface area (Å²) in [5.41, 5.74) is 4.74. The van der Waals surface area contributed by atoms with Gasteiger partial charge in [0.2, 0.25) is 0 Å². The average molecular weight is 381 g/mol. The summed E-state index contributed by atoms with van der Waals surface area (Å²) in [6, 6.07) is 12.0. The number of rotatable bonds is 7. The van der Waals surface area contributed by atoms with E-state index in [-0.39, 0.29) is 5.91 Å². The third kappa shape index (κ3) is 4.13. The minimum absolute atomic E-state index is 0.0537. The largest absolute Gasteiger partial charge is 0.463 e. The predicted molar refractivity (Wildman–Crippen MR) is 109 cm³/mol. The van der Waals surface area contributed by atoms with Gasteiger partial charge >= 0.3 is 0 Å². The zero-order chi connectivity index (χ0) is 19.3. The summed E-state index contributed by atoms with van der Waals surface area (Å²) in [4.78, 5) is 15.2. The van der Waals surface area contributed by atoms with Crippen LogP contribution in [0.4, 0.5) is 0 Å². The van der Waals surface area contributed by atoms with Crippen molar-refractivity contribution < 1.29 is 13.9 Å². The summed E-state index contributed by atoms with van der Waals surface area (Å²) in [5, 5.41) is 3.07. The standard InChI is InChI=1S/C22H27N3O3/c1-17-5-2-3-6-18(17)16-25-19-7-12-28-21(19)15-20(25)22(26)23-8-4-9-24-10-13-27-14-11-24/h2-3,5-7,12,15H,4,8-11,13-14,16H2,1H3,(H,23,26). The Bertz CT molecular complexity index is 938. The molecule has 6 heteroatoms. The Kier molecular flexibility index (Phi) is 5.78. The first-order valence-corrected chi connectivity index (χ1v) is 9.92. The number of nitrogens with one attached hydrogen (secondary N) is 1. The van der Waals surface area contributed by atoms with E-state index in [9.17, 15) is 4.79 Å². The van der Waals surface area contributed by atoms with Crippen molar-refractivity contribution in [2.75, 3.05) is 39.4 Å². The second-order valence-electron chi connectivity index (χ2n) is 7.28. The van der Waals surface area contributed by atoms with Crippen LogP contribution in [-0.2, 0) is 11.3 Å². The molecule has 6 nitrogen and oxygen atoms in total. The van der Waals surface area contributed by atoms with E-state index in [1.54, 1.807) is 6.26 Å². The Morgan fingerprint density at radius 1 is 1.18 bits per heavy atom. The van der Waals surface area contributed by atoms with Gasteiger partial charge in [-0.1, -0.05) is 24.3 Å². The van der Waals surface area contributed by atoms with Crippen molar-refractivity contribution in [2.45, 2.75) is 19.9 Å². The number of amides is 1. The lowest BCUT2D eigenvalue weighted by molar-refractivity contribution is 0.0374. The highest BCUT2D eigenvalue weighted by molar-refractivity contribution is 5.97. The molecule has 0 unspecified atom stereocenters. The Balaban J connectivity index is 1.43. The number of benzene rings is 1. The van der Waals surface area contributed by atoms with Crippen LogP contribution in [0.15, 0.2) is 47.1 Å². The number of aromatic nitrogens is 1. The Labute approximate surface area is 165 Å². The molecule has 2 aromatic heterocycles. The highest BCUT2D eigenvalue weighted by atomic mass is 16.5. The quantitative estimate of drug-likeness (QED) is 0.639.